The molecule has 1 aliphatic heterocycles. The van der Waals surface area contributed by atoms with Crippen molar-refractivity contribution < 1.29 is 18.8 Å². The molecule has 5 nitrogen and oxygen atoms in total. The third kappa shape index (κ3) is 4.27. The lowest BCUT2D eigenvalue weighted by atomic mass is 9.79. The smallest absolute Gasteiger partial charge is 0.410 e. The predicted molar refractivity (Wildman–Crippen MR) is 91.1 cm³/mol. The Kier molecular flexibility index (Phi) is 4.52. The van der Waals surface area contributed by atoms with Crippen molar-refractivity contribution >= 4 is 18.7 Å². The normalized spacial score (nSPS) is 19.5. The van der Waals surface area contributed by atoms with Gasteiger partial charge in [0.2, 0.25) is 0 Å². The molecule has 0 aromatic heterocycles. The first-order chi connectivity index (χ1) is 10.4. The Morgan fingerprint density at radius 1 is 1.13 bits per heavy atom. The second-order valence-corrected chi connectivity index (χ2v) is 7.93. The van der Waals surface area contributed by atoms with Gasteiger partial charge in [-0.05, 0) is 66.1 Å². The van der Waals surface area contributed by atoms with E-state index in [1.807, 2.05) is 60.6 Å². The second kappa shape index (κ2) is 5.84. The number of hydrogen-bond donors (Lipinski definition) is 1. The van der Waals surface area contributed by atoms with E-state index in [0.717, 1.165) is 5.46 Å². The van der Waals surface area contributed by atoms with E-state index in [4.69, 9.17) is 14.0 Å². The van der Waals surface area contributed by atoms with Crippen LogP contribution in [0.4, 0.5) is 4.79 Å². The van der Waals surface area contributed by atoms with Gasteiger partial charge in [0.25, 0.3) is 0 Å². The summed E-state index contributed by atoms with van der Waals surface area (Å²) in [5, 5.41) is 2.76. The molecule has 0 saturated carbocycles. The van der Waals surface area contributed by atoms with E-state index >= 15 is 0 Å². The molecule has 1 N–H and O–H groups in total. The first-order valence-electron chi connectivity index (χ1n) is 7.85. The molecule has 0 spiro atoms. The van der Waals surface area contributed by atoms with Crippen LogP contribution < -0.4 is 15.5 Å². The Morgan fingerprint density at radius 3 is 2.22 bits per heavy atom. The van der Waals surface area contributed by atoms with Gasteiger partial charge in [0.1, 0.15) is 5.75 Å². The number of rotatable bonds is 2. The lowest BCUT2D eigenvalue weighted by Gasteiger charge is -2.32. The molecule has 1 saturated heterocycles. The van der Waals surface area contributed by atoms with Crippen LogP contribution in [-0.4, -0.2) is 30.0 Å². The maximum absolute atomic E-state index is 11.9. The van der Waals surface area contributed by atoms with Crippen molar-refractivity contribution in [3.05, 3.63) is 24.3 Å². The summed E-state index contributed by atoms with van der Waals surface area (Å²) in [6.45, 7) is 13.7. The van der Waals surface area contributed by atoms with E-state index in [0.29, 0.717) is 5.75 Å². The predicted octanol–water partition coefficient (Wildman–Crippen LogP) is 2.87. The number of benzene rings is 1. The minimum Gasteiger partial charge on any atom is -0.410 e. The van der Waals surface area contributed by atoms with Gasteiger partial charge in [0.05, 0.1) is 11.2 Å². The molecule has 0 bridgehead atoms. The largest absolute Gasteiger partial charge is 0.494 e. The minimum atomic E-state index is -0.483. The Bertz CT molecular complexity index is 577. The monoisotopic (exact) mass is 319 g/mol. The van der Waals surface area contributed by atoms with E-state index in [-0.39, 0.29) is 5.54 Å². The molecule has 1 heterocycles. The summed E-state index contributed by atoms with van der Waals surface area (Å²) >= 11 is 0. The highest BCUT2D eigenvalue weighted by molar-refractivity contribution is 6.62. The third-order valence-corrected chi connectivity index (χ3v) is 4.07. The number of carbonyl (C=O) groups is 1. The first kappa shape index (κ1) is 17.8. The number of nitrogens with one attached hydrogen (secondary N) is 1. The fraction of sp³-hybridized carbons (Fsp3) is 0.588. The standard InChI is InChI=1S/C17H26BNO4/c1-15(2,3)19-14(20)21-13-10-8-9-12(11-13)18-22-16(4,5)17(6,7)23-18/h8-11H,1-7H3,(H,19,20). The van der Waals surface area contributed by atoms with E-state index in [1.54, 1.807) is 12.1 Å². The molecule has 0 aliphatic carbocycles. The van der Waals surface area contributed by atoms with Gasteiger partial charge in [0.15, 0.2) is 0 Å². The van der Waals surface area contributed by atoms with E-state index in [9.17, 15) is 4.79 Å². The van der Waals surface area contributed by atoms with Crippen molar-refractivity contribution in [1.29, 1.82) is 0 Å². The Labute approximate surface area is 138 Å². The van der Waals surface area contributed by atoms with Crippen molar-refractivity contribution in [3.63, 3.8) is 0 Å². The molecule has 1 aromatic rings. The molecule has 0 radical (unpaired) electrons. The van der Waals surface area contributed by atoms with Gasteiger partial charge in [-0.1, -0.05) is 12.1 Å². The molecule has 6 heteroatoms. The molecule has 23 heavy (non-hydrogen) atoms. The van der Waals surface area contributed by atoms with Gasteiger partial charge in [-0.15, -0.1) is 0 Å². The fourth-order valence-electron chi connectivity index (χ4n) is 2.14. The average molecular weight is 319 g/mol. The summed E-state index contributed by atoms with van der Waals surface area (Å²) in [6.07, 6.45) is -0.483. The van der Waals surface area contributed by atoms with Crippen molar-refractivity contribution in [3.8, 4) is 5.75 Å². The van der Waals surface area contributed by atoms with Crippen molar-refractivity contribution in [1.82, 2.24) is 5.32 Å². The quantitative estimate of drug-likeness (QED) is 0.852. The summed E-state index contributed by atoms with van der Waals surface area (Å²) in [5.74, 6) is 0.457. The molecule has 0 atom stereocenters. The lowest BCUT2D eigenvalue weighted by Crippen LogP contribution is -2.42. The molecule has 1 amide bonds. The number of ether oxygens (including phenoxy) is 1. The highest BCUT2D eigenvalue weighted by Crippen LogP contribution is 2.36. The second-order valence-electron chi connectivity index (χ2n) is 7.93. The molecule has 0 unspecified atom stereocenters. The fourth-order valence-corrected chi connectivity index (χ4v) is 2.14. The zero-order valence-electron chi connectivity index (χ0n) is 15.0. The van der Waals surface area contributed by atoms with Gasteiger partial charge in [-0.3, -0.25) is 0 Å². The number of amides is 1. The number of hydrogen-bond acceptors (Lipinski definition) is 4. The SMILES string of the molecule is CC(C)(C)NC(=O)Oc1cccc(B2OC(C)(C)C(C)(C)O2)c1. The average Bonchev–Trinajstić information content (AvgIpc) is 2.56. The zero-order valence-corrected chi connectivity index (χ0v) is 15.0. The van der Waals surface area contributed by atoms with Crippen LogP contribution in [-0.2, 0) is 9.31 Å². The zero-order chi connectivity index (χ0) is 17.5. The summed E-state index contributed by atoms with van der Waals surface area (Å²) in [6, 6.07) is 7.22. The van der Waals surface area contributed by atoms with Crippen molar-refractivity contribution in [2.45, 2.75) is 65.2 Å². The Morgan fingerprint density at radius 2 is 1.70 bits per heavy atom. The highest BCUT2D eigenvalue weighted by Gasteiger charge is 2.51. The molecular weight excluding hydrogens is 293 g/mol. The van der Waals surface area contributed by atoms with Crippen LogP contribution in [0.25, 0.3) is 0 Å². The lowest BCUT2D eigenvalue weighted by molar-refractivity contribution is 0.00578. The van der Waals surface area contributed by atoms with Gasteiger partial charge < -0.3 is 19.4 Å². The van der Waals surface area contributed by atoms with Crippen LogP contribution in [0.2, 0.25) is 0 Å². The summed E-state index contributed by atoms with van der Waals surface area (Å²) in [4.78, 5) is 11.9. The molecule has 1 aromatic carbocycles. The van der Waals surface area contributed by atoms with Crippen LogP contribution in [0.1, 0.15) is 48.5 Å². The van der Waals surface area contributed by atoms with Crippen LogP contribution in [0, 0.1) is 0 Å². The number of carbonyl (C=O) groups excluding carboxylic acids is 1. The third-order valence-electron chi connectivity index (χ3n) is 4.07. The van der Waals surface area contributed by atoms with Crippen LogP contribution in [0.3, 0.4) is 0 Å². The Balaban J connectivity index is 2.11. The Hall–Kier alpha value is -1.53. The van der Waals surface area contributed by atoms with Crippen LogP contribution in [0.5, 0.6) is 5.75 Å². The molecule has 126 valence electrons. The van der Waals surface area contributed by atoms with E-state index in [1.165, 1.54) is 0 Å². The van der Waals surface area contributed by atoms with E-state index < -0.39 is 24.4 Å². The molecule has 1 fully saturated rings. The highest BCUT2D eigenvalue weighted by atomic mass is 16.7. The molecule has 2 rings (SSSR count). The van der Waals surface area contributed by atoms with Crippen LogP contribution in [0.15, 0.2) is 24.3 Å². The summed E-state index contributed by atoms with van der Waals surface area (Å²) < 4.78 is 17.4. The van der Waals surface area contributed by atoms with Gasteiger partial charge in [0, 0.05) is 5.54 Å². The van der Waals surface area contributed by atoms with Gasteiger partial charge in [-0.25, -0.2) is 4.79 Å². The summed E-state index contributed by atoms with van der Waals surface area (Å²) in [7, 11) is -0.478. The summed E-state index contributed by atoms with van der Waals surface area (Å²) in [5.41, 5.74) is -0.332. The first-order valence-corrected chi connectivity index (χ1v) is 7.85. The maximum Gasteiger partial charge on any atom is 0.494 e. The minimum absolute atomic E-state index is 0.347. The van der Waals surface area contributed by atoms with Crippen molar-refractivity contribution in [2.24, 2.45) is 0 Å². The van der Waals surface area contributed by atoms with Crippen molar-refractivity contribution in [2.75, 3.05) is 0 Å². The molecular formula is C17H26BNO4. The maximum atomic E-state index is 11.9. The van der Waals surface area contributed by atoms with Gasteiger partial charge in [-0.2, -0.15) is 0 Å². The van der Waals surface area contributed by atoms with E-state index in [2.05, 4.69) is 5.32 Å². The topological polar surface area (TPSA) is 56.8 Å². The van der Waals surface area contributed by atoms with Crippen LogP contribution >= 0.6 is 0 Å². The molecule has 1 aliphatic rings. The van der Waals surface area contributed by atoms with Gasteiger partial charge >= 0.3 is 13.2 Å².